The fraction of sp³-hybridized carbons (Fsp3) is 0.818. The summed E-state index contributed by atoms with van der Waals surface area (Å²) in [5, 5.41) is 5.55. The quantitative estimate of drug-likeness (QED) is 0.497. The standard InChI is InChI=1S/C22H35N5O4/c1-4-26-9-5-6-15(26)21(31)27-11-13-16(22(13,2)3)17(27)20(30)25-14(18(23)28)10-12-7-8-24-19(12)29/h12-17H,4-11H2,1-3H3,(H2,23,28)(H,24,29)(H,25,30)/t12-,13-,14-,15-,16-,17-/m0/s1. The van der Waals surface area contributed by atoms with E-state index in [9.17, 15) is 19.2 Å². The molecule has 3 heterocycles. The van der Waals surface area contributed by atoms with E-state index < -0.39 is 18.0 Å². The van der Waals surface area contributed by atoms with Gasteiger partial charge in [0.2, 0.25) is 23.6 Å². The molecule has 3 saturated heterocycles. The number of piperidine rings is 1. The zero-order valence-corrected chi connectivity index (χ0v) is 18.7. The lowest BCUT2D eigenvalue weighted by Gasteiger charge is -2.34. The summed E-state index contributed by atoms with van der Waals surface area (Å²) in [5.74, 6) is -1.03. The molecule has 0 aromatic carbocycles. The van der Waals surface area contributed by atoms with Crippen LogP contribution in [0.5, 0.6) is 0 Å². The first-order chi connectivity index (χ1) is 14.7. The van der Waals surface area contributed by atoms with Gasteiger partial charge in [-0.2, -0.15) is 0 Å². The number of likely N-dealkylation sites (tertiary alicyclic amines) is 2. The summed E-state index contributed by atoms with van der Waals surface area (Å²) in [6, 6.07) is -1.68. The summed E-state index contributed by atoms with van der Waals surface area (Å²) in [6.45, 7) is 9.18. The molecule has 31 heavy (non-hydrogen) atoms. The van der Waals surface area contributed by atoms with E-state index >= 15 is 0 Å². The van der Waals surface area contributed by atoms with Gasteiger partial charge in [-0.05, 0) is 56.0 Å². The predicted molar refractivity (Wildman–Crippen MR) is 113 cm³/mol. The number of likely N-dealkylation sites (N-methyl/N-ethyl adjacent to an activating group) is 1. The summed E-state index contributed by atoms with van der Waals surface area (Å²) in [5.41, 5.74) is 5.56. The van der Waals surface area contributed by atoms with Gasteiger partial charge in [0.15, 0.2) is 0 Å². The van der Waals surface area contributed by atoms with Crippen molar-refractivity contribution in [2.24, 2.45) is 28.9 Å². The number of amides is 4. The molecule has 1 aliphatic carbocycles. The van der Waals surface area contributed by atoms with Crippen LogP contribution in [-0.2, 0) is 19.2 Å². The lowest BCUT2D eigenvalue weighted by Crippen LogP contribution is -2.57. The topological polar surface area (TPSA) is 125 Å². The monoisotopic (exact) mass is 433 g/mol. The van der Waals surface area contributed by atoms with Crippen LogP contribution in [0.2, 0.25) is 0 Å². The second-order valence-corrected chi connectivity index (χ2v) is 10.2. The summed E-state index contributed by atoms with van der Waals surface area (Å²) >= 11 is 0. The van der Waals surface area contributed by atoms with Crippen molar-refractivity contribution in [1.82, 2.24) is 20.4 Å². The Morgan fingerprint density at radius 1 is 1.29 bits per heavy atom. The van der Waals surface area contributed by atoms with Gasteiger partial charge in [-0.3, -0.25) is 24.1 Å². The molecule has 4 aliphatic rings. The largest absolute Gasteiger partial charge is 0.368 e. The van der Waals surface area contributed by atoms with Crippen LogP contribution in [0.15, 0.2) is 0 Å². The van der Waals surface area contributed by atoms with Gasteiger partial charge >= 0.3 is 0 Å². The molecule has 6 atom stereocenters. The van der Waals surface area contributed by atoms with Crippen LogP contribution in [0, 0.1) is 23.2 Å². The Morgan fingerprint density at radius 2 is 2.03 bits per heavy atom. The zero-order chi connectivity index (χ0) is 22.5. The van der Waals surface area contributed by atoms with E-state index in [1.165, 1.54) is 0 Å². The molecule has 3 aliphatic heterocycles. The van der Waals surface area contributed by atoms with Crippen molar-refractivity contribution < 1.29 is 19.2 Å². The third kappa shape index (κ3) is 3.81. The van der Waals surface area contributed by atoms with Gasteiger partial charge in [0.25, 0.3) is 0 Å². The van der Waals surface area contributed by atoms with Crippen molar-refractivity contribution in [1.29, 1.82) is 0 Å². The third-order valence-electron chi connectivity index (χ3n) is 8.16. The van der Waals surface area contributed by atoms with Crippen LogP contribution in [0.3, 0.4) is 0 Å². The Balaban J connectivity index is 1.49. The molecule has 0 spiro atoms. The minimum atomic E-state index is -0.919. The van der Waals surface area contributed by atoms with Gasteiger partial charge in [0.1, 0.15) is 12.1 Å². The number of hydrogen-bond acceptors (Lipinski definition) is 5. The number of nitrogens with zero attached hydrogens (tertiary/aromatic N) is 2. The number of nitrogens with two attached hydrogens (primary N) is 1. The first-order valence-electron chi connectivity index (χ1n) is 11.6. The molecule has 4 amide bonds. The minimum Gasteiger partial charge on any atom is -0.368 e. The first kappa shape index (κ1) is 22.0. The van der Waals surface area contributed by atoms with Crippen LogP contribution in [-0.4, -0.2) is 77.7 Å². The second kappa shape index (κ2) is 8.07. The Labute approximate surface area is 183 Å². The maximum atomic E-state index is 13.4. The van der Waals surface area contributed by atoms with Crippen molar-refractivity contribution in [3.8, 4) is 0 Å². The number of hydrogen-bond donors (Lipinski definition) is 3. The summed E-state index contributed by atoms with van der Waals surface area (Å²) < 4.78 is 0. The predicted octanol–water partition coefficient (Wildman–Crippen LogP) is -0.550. The molecule has 0 unspecified atom stereocenters. The van der Waals surface area contributed by atoms with Gasteiger partial charge in [0, 0.05) is 19.0 Å². The fourth-order valence-corrected chi connectivity index (χ4v) is 6.15. The molecule has 4 rings (SSSR count). The number of carbonyl (C=O) groups is 4. The SMILES string of the molecule is CCN1CCC[C@H]1C(=O)N1C[C@H]2[C@@H]([C@H]1C(=O)N[C@@H](C[C@@H]1CCNC1=O)C(N)=O)C2(C)C. The smallest absolute Gasteiger partial charge is 0.243 e. The Hall–Kier alpha value is -2.16. The van der Waals surface area contributed by atoms with Gasteiger partial charge in [-0.1, -0.05) is 20.8 Å². The van der Waals surface area contributed by atoms with Crippen LogP contribution in [0.1, 0.15) is 46.5 Å². The van der Waals surface area contributed by atoms with E-state index in [4.69, 9.17) is 5.73 Å². The third-order valence-corrected chi connectivity index (χ3v) is 8.16. The summed E-state index contributed by atoms with van der Waals surface area (Å²) in [4.78, 5) is 54.7. The molecule has 0 aromatic heterocycles. The molecule has 9 heteroatoms. The molecule has 1 saturated carbocycles. The molecule has 172 valence electrons. The number of carbonyl (C=O) groups excluding carboxylic acids is 4. The first-order valence-corrected chi connectivity index (χ1v) is 11.6. The maximum absolute atomic E-state index is 13.4. The summed E-state index contributed by atoms with van der Waals surface area (Å²) in [6.07, 6.45) is 2.62. The highest BCUT2D eigenvalue weighted by Gasteiger charge is 2.69. The molecule has 0 bridgehead atoms. The molecule has 4 fully saturated rings. The van der Waals surface area contributed by atoms with Gasteiger partial charge in [0.05, 0.1) is 6.04 Å². The highest BCUT2D eigenvalue weighted by atomic mass is 16.2. The highest BCUT2D eigenvalue weighted by Crippen LogP contribution is 2.65. The normalized spacial score (nSPS) is 34.9. The lowest BCUT2D eigenvalue weighted by atomic mass is 9.96. The molecular weight excluding hydrogens is 398 g/mol. The van der Waals surface area contributed by atoms with E-state index in [0.717, 1.165) is 25.9 Å². The van der Waals surface area contributed by atoms with Crippen molar-refractivity contribution in [3.05, 3.63) is 0 Å². The van der Waals surface area contributed by atoms with Crippen LogP contribution < -0.4 is 16.4 Å². The summed E-state index contributed by atoms with van der Waals surface area (Å²) in [7, 11) is 0. The molecule has 4 N–H and O–H groups in total. The van der Waals surface area contributed by atoms with E-state index in [0.29, 0.717) is 19.5 Å². The average molecular weight is 434 g/mol. The lowest BCUT2D eigenvalue weighted by molar-refractivity contribution is -0.144. The minimum absolute atomic E-state index is 0.00748. The number of nitrogens with one attached hydrogen (secondary N) is 2. The van der Waals surface area contributed by atoms with Gasteiger partial charge in [-0.25, -0.2) is 0 Å². The van der Waals surface area contributed by atoms with E-state index in [-0.39, 0.29) is 53.4 Å². The number of primary amides is 1. The highest BCUT2D eigenvalue weighted by molar-refractivity contribution is 5.94. The Bertz CT molecular complexity index is 784. The molecule has 0 aromatic rings. The Kier molecular flexibility index (Phi) is 5.74. The molecular formula is C22H35N5O4. The van der Waals surface area contributed by atoms with E-state index in [1.54, 1.807) is 4.90 Å². The van der Waals surface area contributed by atoms with Crippen molar-refractivity contribution in [3.63, 3.8) is 0 Å². The van der Waals surface area contributed by atoms with Crippen molar-refractivity contribution in [2.45, 2.75) is 64.6 Å². The molecule has 0 radical (unpaired) electrons. The zero-order valence-electron chi connectivity index (χ0n) is 18.7. The number of rotatable bonds is 7. The van der Waals surface area contributed by atoms with E-state index in [1.807, 2.05) is 0 Å². The number of fused-ring (bicyclic) bond motifs is 1. The second-order valence-electron chi connectivity index (χ2n) is 10.2. The van der Waals surface area contributed by atoms with E-state index in [2.05, 4.69) is 36.3 Å². The Morgan fingerprint density at radius 3 is 2.65 bits per heavy atom. The van der Waals surface area contributed by atoms with Gasteiger partial charge in [-0.15, -0.1) is 0 Å². The fourth-order valence-electron chi connectivity index (χ4n) is 6.15. The van der Waals surface area contributed by atoms with Crippen LogP contribution >= 0.6 is 0 Å². The van der Waals surface area contributed by atoms with Crippen molar-refractivity contribution >= 4 is 23.6 Å². The molecule has 9 nitrogen and oxygen atoms in total. The average Bonchev–Trinajstić information content (AvgIpc) is 3.25. The van der Waals surface area contributed by atoms with Crippen molar-refractivity contribution in [2.75, 3.05) is 26.2 Å². The van der Waals surface area contributed by atoms with Gasteiger partial charge < -0.3 is 21.3 Å². The van der Waals surface area contributed by atoms with Crippen LogP contribution in [0.4, 0.5) is 0 Å². The van der Waals surface area contributed by atoms with Crippen LogP contribution in [0.25, 0.3) is 0 Å². The maximum Gasteiger partial charge on any atom is 0.243 e.